The van der Waals surface area contributed by atoms with E-state index in [9.17, 15) is 0 Å². The van der Waals surface area contributed by atoms with Crippen LogP contribution in [0.4, 0.5) is 0 Å². The Morgan fingerprint density at radius 2 is 2.03 bits per heavy atom. The van der Waals surface area contributed by atoms with E-state index in [1.807, 2.05) is 18.0 Å². The van der Waals surface area contributed by atoms with Crippen molar-refractivity contribution in [3.8, 4) is 0 Å². The molecule has 3 aliphatic rings. The lowest BCUT2D eigenvalue weighted by atomic mass is 9.81. The second-order valence-electron chi connectivity index (χ2n) is 8.61. The van der Waals surface area contributed by atoms with Crippen LogP contribution in [0.2, 0.25) is 0 Å². The van der Waals surface area contributed by atoms with Gasteiger partial charge in [-0.15, -0.1) is 0 Å². The summed E-state index contributed by atoms with van der Waals surface area (Å²) in [5.41, 5.74) is 4.55. The van der Waals surface area contributed by atoms with Gasteiger partial charge in [0.15, 0.2) is 11.6 Å². The van der Waals surface area contributed by atoms with Gasteiger partial charge in [0, 0.05) is 23.9 Å². The normalized spacial score (nSPS) is 25.9. The van der Waals surface area contributed by atoms with Crippen LogP contribution in [0, 0.1) is 0 Å². The molecule has 32 heavy (non-hydrogen) atoms. The van der Waals surface area contributed by atoms with Crippen molar-refractivity contribution in [2.75, 3.05) is 6.61 Å². The third kappa shape index (κ3) is 3.60. The third-order valence-electron chi connectivity index (χ3n) is 6.81. The minimum Gasteiger partial charge on any atom is -0.372 e. The van der Waals surface area contributed by atoms with Crippen LogP contribution in [0.25, 0.3) is 0 Å². The van der Waals surface area contributed by atoms with Crippen molar-refractivity contribution in [3.05, 3.63) is 70.3 Å². The summed E-state index contributed by atoms with van der Waals surface area (Å²) in [5.74, 6) is 2.12. The molecule has 4 heterocycles. The van der Waals surface area contributed by atoms with Gasteiger partial charge >= 0.3 is 0 Å². The van der Waals surface area contributed by atoms with E-state index in [4.69, 9.17) is 14.2 Å². The molecule has 0 N–H and O–H groups in total. The van der Waals surface area contributed by atoms with Gasteiger partial charge in [-0.3, -0.25) is 0 Å². The number of rotatable bonds is 6. The number of aromatic nitrogens is 2. The van der Waals surface area contributed by atoms with Gasteiger partial charge in [0.2, 0.25) is 5.89 Å². The zero-order valence-corrected chi connectivity index (χ0v) is 18.9. The standard InChI is InChI=1S/C25H29N5O2/c1-4-17-7-9-18(10-8-17)21-13-25(6-3,15-31-21)24-28-22(32-29-24)14-30-16-27-23-19(11-12-26-23)20(30)5-2/h5,7-10,12,16,21H,4,6,11,13-15H2,1-3H3/b20-5-/t21-,25+/m1/s1. The summed E-state index contributed by atoms with van der Waals surface area (Å²) in [6.07, 6.45) is 9.43. The number of benzene rings is 1. The lowest BCUT2D eigenvalue weighted by molar-refractivity contribution is 0.103. The van der Waals surface area contributed by atoms with Crippen LogP contribution in [0.3, 0.4) is 0 Å². The zero-order valence-electron chi connectivity index (χ0n) is 18.9. The van der Waals surface area contributed by atoms with Gasteiger partial charge in [-0.1, -0.05) is 49.3 Å². The molecule has 7 heteroatoms. The summed E-state index contributed by atoms with van der Waals surface area (Å²) in [6, 6.07) is 8.74. The van der Waals surface area contributed by atoms with E-state index >= 15 is 0 Å². The van der Waals surface area contributed by atoms with E-state index in [1.165, 1.54) is 11.1 Å². The van der Waals surface area contributed by atoms with E-state index in [2.05, 4.69) is 59.3 Å². The Hall–Kier alpha value is -3.06. The topological polar surface area (TPSA) is 76.1 Å². The molecule has 1 aromatic carbocycles. The first-order valence-corrected chi connectivity index (χ1v) is 11.4. The summed E-state index contributed by atoms with van der Waals surface area (Å²) in [5, 5.41) is 4.39. The minimum atomic E-state index is -0.232. The van der Waals surface area contributed by atoms with E-state index in [0.29, 0.717) is 19.0 Å². The smallest absolute Gasteiger partial charge is 0.246 e. The van der Waals surface area contributed by atoms with Crippen LogP contribution in [-0.2, 0) is 23.1 Å². The van der Waals surface area contributed by atoms with Crippen molar-refractivity contribution >= 4 is 12.6 Å². The van der Waals surface area contributed by atoms with Crippen LogP contribution in [0.1, 0.15) is 69.0 Å². The van der Waals surface area contributed by atoms with Crippen molar-refractivity contribution < 1.29 is 9.26 Å². The molecule has 0 amide bonds. The van der Waals surface area contributed by atoms with E-state index in [1.54, 1.807) is 6.34 Å². The molecule has 0 aliphatic carbocycles. The predicted octanol–water partition coefficient (Wildman–Crippen LogP) is 4.88. The molecule has 0 spiro atoms. The first-order chi connectivity index (χ1) is 15.7. The second-order valence-corrected chi connectivity index (χ2v) is 8.61. The van der Waals surface area contributed by atoms with Gasteiger partial charge in [-0.25, -0.2) is 9.98 Å². The number of hydrogen-bond acceptors (Lipinski definition) is 7. The average molecular weight is 432 g/mol. The van der Waals surface area contributed by atoms with Crippen molar-refractivity contribution in [3.63, 3.8) is 0 Å². The largest absolute Gasteiger partial charge is 0.372 e. The van der Waals surface area contributed by atoms with Gasteiger partial charge in [0.05, 0.1) is 24.5 Å². The maximum absolute atomic E-state index is 6.23. The Labute approximate surface area is 188 Å². The summed E-state index contributed by atoms with van der Waals surface area (Å²) in [4.78, 5) is 15.7. The summed E-state index contributed by atoms with van der Waals surface area (Å²) in [7, 11) is 0. The van der Waals surface area contributed by atoms with Crippen LogP contribution >= 0.6 is 0 Å². The quantitative estimate of drug-likeness (QED) is 0.652. The maximum Gasteiger partial charge on any atom is 0.246 e. The Morgan fingerprint density at radius 1 is 1.19 bits per heavy atom. The van der Waals surface area contributed by atoms with Gasteiger partial charge in [-0.05, 0) is 37.3 Å². The highest BCUT2D eigenvalue weighted by Crippen LogP contribution is 2.44. The molecule has 1 saturated heterocycles. The number of allylic oxidation sites excluding steroid dienone is 2. The summed E-state index contributed by atoms with van der Waals surface area (Å²) in [6.45, 7) is 7.45. The fraction of sp³-hybridized carbons (Fsp3) is 0.440. The summed E-state index contributed by atoms with van der Waals surface area (Å²) >= 11 is 0. The van der Waals surface area contributed by atoms with Crippen LogP contribution < -0.4 is 0 Å². The minimum absolute atomic E-state index is 0.0550. The fourth-order valence-corrected chi connectivity index (χ4v) is 4.70. The van der Waals surface area contributed by atoms with E-state index in [0.717, 1.165) is 48.6 Å². The molecular formula is C25H29N5O2. The Morgan fingerprint density at radius 3 is 2.78 bits per heavy atom. The molecule has 2 aromatic rings. The molecule has 166 valence electrons. The number of nitrogens with zero attached hydrogens (tertiary/aromatic N) is 5. The van der Waals surface area contributed by atoms with Crippen LogP contribution in [-0.4, -0.2) is 34.2 Å². The highest BCUT2D eigenvalue weighted by molar-refractivity contribution is 5.75. The highest BCUT2D eigenvalue weighted by Gasteiger charge is 2.44. The lowest BCUT2D eigenvalue weighted by Gasteiger charge is -2.25. The third-order valence-corrected chi connectivity index (χ3v) is 6.81. The second kappa shape index (κ2) is 8.47. The van der Waals surface area contributed by atoms with Gasteiger partial charge in [0.25, 0.3) is 0 Å². The van der Waals surface area contributed by atoms with E-state index in [-0.39, 0.29) is 11.5 Å². The zero-order chi connectivity index (χ0) is 22.1. The first-order valence-electron chi connectivity index (χ1n) is 11.4. The molecule has 1 fully saturated rings. The first kappa shape index (κ1) is 20.8. The van der Waals surface area contributed by atoms with E-state index < -0.39 is 0 Å². The van der Waals surface area contributed by atoms with Crippen molar-refractivity contribution in [1.82, 2.24) is 15.0 Å². The number of aliphatic imine (C=N–C) groups is 2. The van der Waals surface area contributed by atoms with Crippen LogP contribution in [0.5, 0.6) is 0 Å². The molecule has 0 bridgehead atoms. The van der Waals surface area contributed by atoms with Crippen molar-refractivity contribution in [2.24, 2.45) is 9.98 Å². The summed E-state index contributed by atoms with van der Waals surface area (Å²) < 4.78 is 11.9. The monoisotopic (exact) mass is 431 g/mol. The molecule has 5 rings (SSSR count). The molecule has 0 radical (unpaired) electrons. The molecule has 1 aromatic heterocycles. The highest BCUT2D eigenvalue weighted by atomic mass is 16.5. The van der Waals surface area contributed by atoms with Crippen molar-refractivity contribution in [2.45, 2.75) is 64.5 Å². The Balaban J connectivity index is 1.31. The molecule has 0 saturated carbocycles. The van der Waals surface area contributed by atoms with Gasteiger partial charge in [-0.2, -0.15) is 4.98 Å². The number of ether oxygens (including phenoxy) is 1. The van der Waals surface area contributed by atoms with Crippen molar-refractivity contribution in [1.29, 1.82) is 0 Å². The molecule has 7 nitrogen and oxygen atoms in total. The molecule has 2 atom stereocenters. The molecular weight excluding hydrogens is 402 g/mol. The fourth-order valence-electron chi connectivity index (χ4n) is 4.70. The molecule has 0 unspecified atom stereocenters. The maximum atomic E-state index is 6.23. The predicted molar refractivity (Wildman–Crippen MR) is 123 cm³/mol. The van der Waals surface area contributed by atoms with Crippen LogP contribution in [0.15, 0.2) is 61.9 Å². The number of aryl methyl sites for hydroxylation is 1. The average Bonchev–Trinajstić information content (AvgIpc) is 3.59. The Bertz CT molecular complexity index is 1110. The van der Waals surface area contributed by atoms with Gasteiger partial charge in [0.1, 0.15) is 6.54 Å². The lowest BCUT2D eigenvalue weighted by Crippen LogP contribution is -2.28. The van der Waals surface area contributed by atoms with Gasteiger partial charge < -0.3 is 14.2 Å². The number of hydrogen-bond donors (Lipinski definition) is 0. The Kier molecular flexibility index (Phi) is 5.51. The SMILES string of the molecule is C/C=C1/C2=C(N=CC2)N=CN1Cc1nc([C@]2(CC)CO[C@@H](c3ccc(CC)cc3)C2)no1. The molecule has 3 aliphatic heterocycles.